The number of amides is 1. The average Bonchev–Trinajstić information content (AvgIpc) is 3.09. The molecule has 4 nitrogen and oxygen atoms in total. The molecule has 3 rings (SSSR count). The van der Waals surface area contributed by atoms with E-state index in [0.717, 1.165) is 23.3 Å². The Morgan fingerprint density at radius 2 is 1.92 bits per heavy atom. The van der Waals surface area contributed by atoms with Crippen molar-refractivity contribution in [3.8, 4) is 0 Å². The van der Waals surface area contributed by atoms with Crippen molar-refractivity contribution >= 4 is 5.91 Å². The van der Waals surface area contributed by atoms with Gasteiger partial charge in [0.1, 0.15) is 0 Å². The predicted octanol–water partition coefficient (Wildman–Crippen LogP) is 3.10. The second-order valence-corrected chi connectivity index (χ2v) is 6.44. The largest absolute Gasteiger partial charge is 0.416 e. The molecule has 1 saturated heterocycles. The SMILES string of the molecule is Cc1cccc(C2NNCC2C(=O)NCc2ccc(C(F)(F)F)cc2)c1. The van der Waals surface area contributed by atoms with Crippen LogP contribution in [0.15, 0.2) is 48.5 Å². The van der Waals surface area contributed by atoms with Crippen molar-refractivity contribution < 1.29 is 18.0 Å². The highest BCUT2D eigenvalue weighted by Crippen LogP contribution is 2.29. The van der Waals surface area contributed by atoms with Crippen molar-refractivity contribution in [2.45, 2.75) is 25.7 Å². The Hall–Kier alpha value is -2.38. The number of carbonyl (C=O) groups is 1. The lowest BCUT2D eigenvalue weighted by atomic mass is 9.93. The van der Waals surface area contributed by atoms with Crippen LogP contribution in [0, 0.1) is 12.8 Å². The summed E-state index contributed by atoms with van der Waals surface area (Å²) < 4.78 is 37.8. The van der Waals surface area contributed by atoms with E-state index in [4.69, 9.17) is 0 Å². The molecule has 7 heteroatoms. The number of hydrazine groups is 1. The molecule has 1 aliphatic rings. The van der Waals surface area contributed by atoms with Crippen LogP contribution < -0.4 is 16.2 Å². The molecule has 2 unspecified atom stereocenters. The fourth-order valence-corrected chi connectivity index (χ4v) is 3.05. The van der Waals surface area contributed by atoms with E-state index in [2.05, 4.69) is 16.2 Å². The Bertz CT molecular complexity index is 774. The molecule has 26 heavy (non-hydrogen) atoms. The van der Waals surface area contributed by atoms with Crippen molar-refractivity contribution in [3.05, 3.63) is 70.8 Å². The molecule has 1 aliphatic heterocycles. The first-order valence-corrected chi connectivity index (χ1v) is 8.33. The smallest absolute Gasteiger partial charge is 0.352 e. The molecule has 0 bridgehead atoms. The zero-order chi connectivity index (χ0) is 18.7. The third-order valence-corrected chi connectivity index (χ3v) is 4.47. The second kappa shape index (κ2) is 7.47. The summed E-state index contributed by atoms with van der Waals surface area (Å²) >= 11 is 0. The summed E-state index contributed by atoms with van der Waals surface area (Å²) in [5.74, 6) is -0.444. The quantitative estimate of drug-likeness (QED) is 0.783. The summed E-state index contributed by atoms with van der Waals surface area (Å²) in [5.41, 5.74) is 8.18. The minimum atomic E-state index is -4.36. The number of benzene rings is 2. The molecule has 1 fully saturated rings. The maximum atomic E-state index is 12.6. The van der Waals surface area contributed by atoms with Gasteiger partial charge < -0.3 is 5.32 Å². The number of rotatable bonds is 4. The van der Waals surface area contributed by atoms with Gasteiger partial charge in [-0.25, -0.2) is 5.43 Å². The van der Waals surface area contributed by atoms with Gasteiger partial charge in [-0.15, -0.1) is 0 Å². The molecular weight excluding hydrogens is 343 g/mol. The summed E-state index contributed by atoms with van der Waals surface area (Å²) in [6, 6.07) is 12.6. The molecule has 0 aliphatic carbocycles. The molecule has 2 atom stereocenters. The Kier molecular flexibility index (Phi) is 5.29. The number of nitrogens with one attached hydrogen (secondary N) is 3. The van der Waals surface area contributed by atoms with Crippen molar-refractivity contribution in [3.63, 3.8) is 0 Å². The lowest BCUT2D eigenvalue weighted by molar-refractivity contribution is -0.137. The van der Waals surface area contributed by atoms with Crippen LogP contribution in [0.2, 0.25) is 0 Å². The zero-order valence-corrected chi connectivity index (χ0v) is 14.2. The third kappa shape index (κ3) is 4.23. The molecule has 0 aromatic heterocycles. The lowest BCUT2D eigenvalue weighted by Crippen LogP contribution is -2.34. The highest BCUT2D eigenvalue weighted by molar-refractivity contribution is 5.80. The lowest BCUT2D eigenvalue weighted by Gasteiger charge is -2.19. The molecule has 0 saturated carbocycles. The zero-order valence-electron chi connectivity index (χ0n) is 14.2. The van der Waals surface area contributed by atoms with E-state index >= 15 is 0 Å². The number of halogens is 3. The molecule has 2 aromatic carbocycles. The maximum absolute atomic E-state index is 12.6. The van der Waals surface area contributed by atoms with E-state index in [9.17, 15) is 18.0 Å². The van der Waals surface area contributed by atoms with Crippen LogP contribution in [-0.4, -0.2) is 12.5 Å². The molecule has 138 valence electrons. The second-order valence-electron chi connectivity index (χ2n) is 6.44. The summed E-state index contributed by atoms with van der Waals surface area (Å²) in [6.45, 7) is 2.66. The normalized spacial score (nSPS) is 20.2. The molecule has 0 radical (unpaired) electrons. The van der Waals surface area contributed by atoms with Crippen molar-refractivity contribution in [2.24, 2.45) is 5.92 Å². The van der Waals surface area contributed by atoms with Gasteiger partial charge in [0.05, 0.1) is 17.5 Å². The van der Waals surface area contributed by atoms with Gasteiger partial charge >= 0.3 is 6.18 Å². The summed E-state index contributed by atoms with van der Waals surface area (Å²) in [7, 11) is 0. The minimum Gasteiger partial charge on any atom is -0.352 e. The van der Waals surface area contributed by atoms with Gasteiger partial charge in [-0.1, -0.05) is 42.0 Å². The van der Waals surface area contributed by atoms with Gasteiger partial charge in [0.15, 0.2) is 0 Å². The minimum absolute atomic E-state index is 0.145. The van der Waals surface area contributed by atoms with Gasteiger partial charge in [-0.2, -0.15) is 13.2 Å². The van der Waals surface area contributed by atoms with Crippen LogP contribution in [0.3, 0.4) is 0 Å². The Balaban J connectivity index is 1.62. The standard InChI is InChI=1S/C19H20F3N3O/c1-12-3-2-4-14(9-12)17-16(11-24-25-17)18(26)23-10-13-5-7-15(8-6-13)19(20,21)22/h2-9,16-17,24-25H,10-11H2,1H3,(H,23,26). The van der Waals surface area contributed by atoms with Gasteiger partial charge in [0.2, 0.25) is 5.91 Å². The fourth-order valence-electron chi connectivity index (χ4n) is 3.05. The number of carbonyl (C=O) groups excluding carboxylic acids is 1. The molecular formula is C19H20F3N3O. The van der Waals surface area contributed by atoms with Crippen LogP contribution in [0.5, 0.6) is 0 Å². The average molecular weight is 363 g/mol. The summed E-state index contributed by atoms with van der Waals surface area (Å²) in [6.07, 6.45) is -4.36. The first-order chi connectivity index (χ1) is 12.3. The van der Waals surface area contributed by atoms with E-state index < -0.39 is 11.7 Å². The van der Waals surface area contributed by atoms with E-state index in [1.54, 1.807) is 0 Å². The molecule has 1 heterocycles. The summed E-state index contributed by atoms with van der Waals surface area (Å²) in [4.78, 5) is 12.5. The highest BCUT2D eigenvalue weighted by atomic mass is 19.4. The van der Waals surface area contributed by atoms with E-state index in [1.807, 2.05) is 31.2 Å². The van der Waals surface area contributed by atoms with Gasteiger partial charge in [0, 0.05) is 13.1 Å². The van der Waals surface area contributed by atoms with Crippen molar-refractivity contribution in [2.75, 3.05) is 6.54 Å². The Morgan fingerprint density at radius 3 is 2.58 bits per heavy atom. The first kappa shape index (κ1) is 18.4. The monoisotopic (exact) mass is 363 g/mol. The van der Waals surface area contributed by atoms with Crippen LogP contribution >= 0.6 is 0 Å². The molecule has 0 spiro atoms. The van der Waals surface area contributed by atoms with Crippen molar-refractivity contribution in [1.29, 1.82) is 0 Å². The van der Waals surface area contributed by atoms with E-state index in [1.165, 1.54) is 12.1 Å². The van der Waals surface area contributed by atoms with Crippen LogP contribution in [0.4, 0.5) is 13.2 Å². The third-order valence-electron chi connectivity index (χ3n) is 4.47. The van der Waals surface area contributed by atoms with Crippen LogP contribution in [0.1, 0.15) is 28.3 Å². The van der Waals surface area contributed by atoms with Gasteiger partial charge in [-0.05, 0) is 30.2 Å². The Labute approximate surface area is 149 Å². The maximum Gasteiger partial charge on any atom is 0.416 e. The molecule has 1 amide bonds. The van der Waals surface area contributed by atoms with E-state index in [0.29, 0.717) is 12.1 Å². The fraction of sp³-hybridized carbons (Fsp3) is 0.316. The number of alkyl halides is 3. The molecule has 3 N–H and O–H groups in total. The number of aryl methyl sites for hydroxylation is 1. The number of hydrogen-bond donors (Lipinski definition) is 3. The predicted molar refractivity (Wildman–Crippen MR) is 91.8 cm³/mol. The van der Waals surface area contributed by atoms with Crippen LogP contribution in [0.25, 0.3) is 0 Å². The Morgan fingerprint density at radius 1 is 1.19 bits per heavy atom. The summed E-state index contributed by atoms with van der Waals surface area (Å²) in [5, 5.41) is 2.81. The van der Waals surface area contributed by atoms with E-state index in [-0.39, 0.29) is 24.4 Å². The first-order valence-electron chi connectivity index (χ1n) is 8.33. The van der Waals surface area contributed by atoms with Crippen molar-refractivity contribution in [1.82, 2.24) is 16.2 Å². The number of hydrogen-bond acceptors (Lipinski definition) is 3. The van der Waals surface area contributed by atoms with Gasteiger partial charge in [-0.3, -0.25) is 10.2 Å². The topological polar surface area (TPSA) is 53.2 Å². The van der Waals surface area contributed by atoms with Crippen LogP contribution in [-0.2, 0) is 17.5 Å². The molecule has 2 aromatic rings. The highest BCUT2D eigenvalue weighted by Gasteiger charge is 2.34. The van der Waals surface area contributed by atoms with Gasteiger partial charge in [0.25, 0.3) is 0 Å².